The van der Waals surface area contributed by atoms with Gasteiger partial charge in [0.1, 0.15) is 23.7 Å². The molecule has 2 saturated carbocycles. The maximum absolute atomic E-state index is 14.4. The first-order valence-corrected chi connectivity index (χ1v) is 18.4. The smallest absolute Gasteiger partial charge is 0.412 e. The van der Waals surface area contributed by atoms with Crippen LogP contribution in [0.5, 0.6) is 11.8 Å². The third kappa shape index (κ3) is 8.26. The van der Waals surface area contributed by atoms with Gasteiger partial charge in [0.25, 0.3) is 5.91 Å². The number of carbonyl (C=O) groups is 4. The molecule has 0 radical (unpaired) electrons. The molecule has 1 aromatic carbocycles. The number of allylic oxidation sites excluding steroid dienone is 1. The molecule has 15 nitrogen and oxygen atoms in total. The molecular formula is C35H46N6O9S. The molecule has 1 saturated heterocycles. The molecule has 1 aromatic heterocycles. The van der Waals surface area contributed by atoms with Gasteiger partial charge in [-0.2, -0.15) is 0 Å². The molecule has 2 heterocycles. The summed E-state index contributed by atoms with van der Waals surface area (Å²) in [6, 6.07) is 4.89. The van der Waals surface area contributed by atoms with Crippen LogP contribution in [0.15, 0.2) is 49.3 Å². The van der Waals surface area contributed by atoms with Gasteiger partial charge in [0.15, 0.2) is 0 Å². The van der Waals surface area contributed by atoms with Crippen LogP contribution >= 0.6 is 0 Å². The normalized spacial score (nSPS) is 23.6. The van der Waals surface area contributed by atoms with Crippen molar-refractivity contribution in [2.45, 2.75) is 102 Å². The second kappa shape index (κ2) is 14.1. The third-order valence-electron chi connectivity index (χ3n) is 8.98. The Balaban J connectivity index is 1.45. The van der Waals surface area contributed by atoms with E-state index in [1.165, 1.54) is 17.9 Å². The monoisotopic (exact) mass is 726 g/mol. The van der Waals surface area contributed by atoms with Crippen LogP contribution in [0.25, 0.3) is 10.8 Å². The molecule has 3 aliphatic rings. The van der Waals surface area contributed by atoms with Crippen molar-refractivity contribution in [3.05, 3.63) is 49.3 Å². The summed E-state index contributed by atoms with van der Waals surface area (Å²) >= 11 is 0. The molecule has 0 spiro atoms. The van der Waals surface area contributed by atoms with Gasteiger partial charge >= 0.3 is 6.09 Å². The molecule has 5 rings (SSSR count). The van der Waals surface area contributed by atoms with E-state index in [0.717, 1.165) is 0 Å². The molecule has 276 valence electrons. The van der Waals surface area contributed by atoms with E-state index < -0.39 is 74.1 Å². The minimum Gasteiger partial charge on any atom is -0.473 e. The number of fused-ring (bicyclic) bond motifs is 1. The van der Waals surface area contributed by atoms with Crippen LogP contribution in [-0.4, -0.2) is 89.0 Å². The number of sulfonamides is 1. The predicted octanol–water partition coefficient (Wildman–Crippen LogP) is 3.11. The van der Waals surface area contributed by atoms with Crippen molar-refractivity contribution in [1.29, 1.82) is 0 Å². The first kappa shape index (κ1) is 37.5. The van der Waals surface area contributed by atoms with Crippen molar-refractivity contribution in [2.75, 3.05) is 6.54 Å². The highest BCUT2D eigenvalue weighted by atomic mass is 32.2. The Labute approximate surface area is 297 Å². The summed E-state index contributed by atoms with van der Waals surface area (Å²) in [6.45, 7) is 17.7. The fourth-order valence-corrected chi connectivity index (χ4v) is 7.49. The summed E-state index contributed by atoms with van der Waals surface area (Å²) in [7, 11) is -3.91. The van der Waals surface area contributed by atoms with E-state index in [-0.39, 0.29) is 37.1 Å². The number of likely N-dealkylation sites (tertiary alicyclic amines) is 1. The van der Waals surface area contributed by atoms with E-state index in [2.05, 4.69) is 38.7 Å². The maximum atomic E-state index is 14.4. The molecule has 1 aliphatic heterocycles. The topological polar surface area (TPSA) is 195 Å². The average molecular weight is 727 g/mol. The summed E-state index contributed by atoms with van der Waals surface area (Å²) in [6.07, 6.45) is 0.641. The number of aromatic nitrogens is 2. The van der Waals surface area contributed by atoms with E-state index in [9.17, 15) is 27.6 Å². The Kier molecular flexibility index (Phi) is 10.4. The van der Waals surface area contributed by atoms with Crippen LogP contribution in [-0.2, 0) is 29.1 Å². The van der Waals surface area contributed by atoms with Crippen LogP contribution in [0.4, 0.5) is 4.79 Å². The highest BCUT2D eigenvalue weighted by Crippen LogP contribution is 2.45. The van der Waals surface area contributed by atoms with Gasteiger partial charge in [-0.15, -0.1) is 16.8 Å². The lowest BCUT2D eigenvalue weighted by Crippen LogP contribution is -2.60. The Morgan fingerprint density at radius 2 is 1.71 bits per heavy atom. The van der Waals surface area contributed by atoms with Crippen molar-refractivity contribution < 1.29 is 41.8 Å². The highest BCUT2D eigenvalue weighted by Gasteiger charge is 2.62. The first-order valence-electron chi connectivity index (χ1n) is 16.9. The number of alkyl carbamates (subject to hydrolysis) is 1. The minimum atomic E-state index is -3.91. The fourth-order valence-electron chi connectivity index (χ4n) is 6.12. The standard InChI is InChI=1S/C35H46N6O9S/c1-9-21-17-35(21,32(44)40-51(46,47)23-14-15-23)37-28(42)26-16-22(18-41(26)31(43)27(34(6,7)8)36-33(45)49-20(4)5)50-30-25-13-11-10-12-24(25)29(38-39-30)48-19(2)3/h9-13,19,21-23,26-27H,1,4,14-18H2,2-3,5-8H3,(H,36,45)(H,37,42)(H,40,44)/t21?,22-,26+,27-,35-/m1/s1. The van der Waals surface area contributed by atoms with Crippen LogP contribution in [0, 0.1) is 11.3 Å². The zero-order valence-electron chi connectivity index (χ0n) is 29.7. The lowest BCUT2D eigenvalue weighted by Gasteiger charge is -2.35. The summed E-state index contributed by atoms with van der Waals surface area (Å²) < 4.78 is 44.7. The molecule has 16 heteroatoms. The second-order valence-electron chi connectivity index (χ2n) is 14.7. The molecular weight excluding hydrogens is 680 g/mol. The summed E-state index contributed by atoms with van der Waals surface area (Å²) in [5.41, 5.74) is -2.42. The van der Waals surface area contributed by atoms with Gasteiger partial charge in [-0.1, -0.05) is 45.6 Å². The van der Waals surface area contributed by atoms with Gasteiger partial charge in [0.2, 0.25) is 33.6 Å². The van der Waals surface area contributed by atoms with E-state index in [1.54, 1.807) is 32.9 Å². The molecule has 2 aromatic rings. The lowest BCUT2D eigenvalue weighted by molar-refractivity contribution is -0.142. The Morgan fingerprint density at radius 1 is 1.08 bits per heavy atom. The summed E-state index contributed by atoms with van der Waals surface area (Å²) in [4.78, 5) is 56.0. The van der Waals surface area contributed by atoms with Crippen LogP contribution in [0.1, 0.15) is 67.2 Å². The number of carbonyl (C=O) groups excluding carboxylic acids is 4. The highest BCUT2D eigenvalue weighted by molar-refractivity contribution is 7.91. The lowest BCUT2D eigenvalue weighted by atomic mass is 9.85. The number of rotatable bonds is 13. The van der Waals surface area contributed by atoms with Crippen molar-refractivity contribution >= 4 is 44.6 Å². The Hall–Kier alpha value is -4.73. The first-order chi connectivity index (χ1) is 23.9. The van der Waals surface area contributed by atoms with Gasteiger partial charge in [0, 0.05) is 12.3 Å². The molecule has 0 bridgehead atoms. The quantitative estimate of drug-likeness (QED) is 0.203. The molecule has 3 fully saturated rings. The SMILES string of the molecule is C=CC1C[C@]1(NC(=O)[C@@H]1C[C@@H](Oc2nnc(OC(C)C)c3ccccc23)CN1C(=O)[C@@H](NC(=O)OC(=C)C)C(C)(C)C)C(=O)NS(=O)(=O)C1CC1. The van der Waals surface area contributed by atoms with Gasteiger partial charge in [-0.25, -0.2) is 13.2 Å². The number of nitrogens with zero attached hydrogens (tertiary/aromatic N) is 3. The van der Waals surface area contributed by atoms with Gasteiger partial charge in [-0.3, -0.25) is 19.1 Å². The predicted molar refractivity (Wildman–Crippen MR) is 187 cm³/mol. The summed E-state index contributed by atoms with van der Waals surface area (Å²) in [5.74, 6) is -2.11. The fraction of sp³-hybridized carbons (Fsp3) is 0.543. The number of hydrogen-bond donors (Lipinski definition) is 3. The van der Waals surface area contributed by atoms with Crippen LogP contribution < -0.4 is 24.8 Å². The van der Waals surface area contributed by atoms with Crippen LogP contribution in [0.2, 0.25) is 0 Å². The molecule has 1 unspecified atom stereocenters. The second-order valence-corrected chi connectivity index (χ2v) is 16.7. The van der Waals surface area contributed by atoms with E-state index in [1.807, 2.05) is 26.0 Å². The molecule has 3 N–H and O–H groups in total. The zero-order chi connectivity index (χ0) is 37.5. The van der Waals surface area contributed by atoms with Crippen LogP contribution in [0.3, 0.4) is 0 Å². The zero-order valence-corrected chi connectivity index (χ0v) is 30.5. The molecule has 5 atom stereocenters. The van der Waals surface area contributed by atoms with Crippen molar-refractivity contribution in [1.82, 2.24) is 30.5 Å². The maximum Gasteiger partial charge on any atom is 0.412 e. The number of amides is 4. The molecule has 51 heavy (non-hydrogen) atoms. The minimum absolute atomic E-state index is 0.0261. The van der Waals surface area contributed by atoms with Crippen molar-refractivity contribution in [3.8, 4) is 11.8 Å². The van der Waals surface area contributed by atoms with E-state index in [4.69, 9.17) is 14.2 Å². The largest absolute Gasteiger partial charge is 0.473 e. The van der Waals surface area contributed by atoms with E-state index >= 15 is 0 Å². The molecule has 2 aliphatic carbocycles. The third-order valence-corrected chi connectivity index (χ3v) is 10.8. The Bertz CT molecular complexity index is 1860. The Morgan fingerprint density at radius 3 is 2.25 bits per heavy atom. The van der Waals surface area contributed by atoms with Gasteiger partial charge < -0.3 is 29.7 Å². The number of benzene rings is 1. The number of ether oxygens (including phenoxy) is 3. The van der Waals surface area contributed by atoms with E-state index in [0.29, 0.717) is 29.5 Å². The van der Waals surface area contributed by atoms with Gasteiger partial charge in [0.05, 0.1) is 34.4 Å². The van der Waals surface area contributed by atoms with Gasteiger partial charge in [-0.05, 0) is 57.6 Å². The summed E-state index contributed by atoms with van der Waals surface area (Å²) in [5, 5.41) is 14.5. The number of nitrogens with one attached hydrogen (secondary N) is 3. The number of hydrogen-bond acceptors (Lipinski definition) is 11. The molecule has 4 amide bonds. The van der Waals surface area contributed by atoms with Crippen molar-refractivity contribution in [3.63, 3.8) is 0 Å². The van der Waals surface area contributed by atoms with Crippen molar-refractivity contribution in [2.24, 2.45) is 11.3 Å². The average Bonchev–Trinajstić information content (AvgIpc) is 3.96.